The molecule has 29 heavy (non-hydrogen) atoms. The van der Waals surface area contributed by atoms with Crippen LogP contribution in [0.4, 0.5) is 5.69 Å². The summed E-state index contributed by atoms with van der Waals surface area (Å²) in [7, 11) is -2.68. The second-order valence-electron chi connectivity index (χ2n) is 6.04. The minimum Gasteiger partial charge on any atom is -0.465 e. The summed E-state index contributed by atoms with van der Waals surface area (Å²) in [6.45, 7) is 0. The number of anilines is 1. The first-order valence-electron chi connectivity index (χ1n) is 8.56. The zero-order valence-corrected chi connectivity index (χ0v) is 17.9. The highest BCUT2D eigenvalue weighted by molar-refractivity contribution is 7.98. The number of carbonyl (C=O) groups is 1. The first-order chi connectivity index (χ1) is 13.9. The van der Waals surface area contributed by atoms with Gasteiger partial charge >= 0.3 is 5.97 Å². The van der Waals surface area contributed by atoms with Crippen LogP contribution in [-0.4, -0.2) is 21.5 Å². The van der Waals surface area contributed by atoms with Gasteiger partial charge in [-0.25, -0.2) is 13.2 Å². The average molecular weight is 448 g/mol. The Morgan fingerprint density at radius 1 is 1.03 bits per heavy atom. The van der Waals surface area contributed by atoms with Gasteiger partial charge in [0, 0.05) is 16.3 Å². The Balaban J connectivity index is 1.71. The maximum absolute atomic E-state index is 12.7. The molecule has 8 heteroatoms. The summed E-state index contributed by atoms with van der Waals surface area (Å²) < 4.78 is 32.5. The van der Waals surface area contributed by atoms with E-state index in [4.69, 9.17) is 11.6 Å². The van der Waals surface area contributed by atoms with Crippen LogP contribution >= 0.6 is 23.4 Å². The summed E-state index contributed by atoms with van der Waals surface area (Å²) in [5, 5.41) is 0.121. The molecule has 0 saturated heterocycles. The van der Waals surface area contributed by atoms with Gasteiger partial charge in [-0.05, 0) is 48.0 Å². The lowest BCUT2D eigenvalue weighted by molar-refractivity contribution is 0.0600. The molecule has 0 saturated carbocycles. The van der Waals surface area contributed by atoms with Crippen molar-refractivity contribution in [3.8, 4) is 0 Å². The number of esters is 1. The molecule has 0 aliphatic heterocycles. The van der Waals surface area contributed by atoms with E-state index in [2.05, 4.69) is 9.46 Å². The molecule has 3 aromatic carbocycles. The molecule has 1 N–H and O–H groups in total. The predicted octanol–water partition coefficient (Wildman–Crippen LogP) is 5.22. The van der Waals surface area contributed by atoms with Gasteiger partial charge in [-0.15, -0.1) is 11.8 Å². The van der Waals surface area contributed by atoms with E-state index in [1.165, 1.54) is 30.2 Å². The molecular formula is C21H18ClNO4S2. The van der Waals surface area contributed by atoms with Crippen molar-refractivity contribution in [2.75, 3.05) is 11.8 Å². The highest BCUT2D eigenvalue weighted by Gasteiger charge is 2.19. The molecule has 0 aromatic heterocycles. The summed E-state index contributed by atoms with van der Waals surface area (Å²) in [6, 6.07) is 21.1. The lowest BCUT2D eigenvalue weighted by Gasteiger charge is -2.10. The number of thioether (sulfide) groups is 1. The Morgan fingerprint density at radius 2 is 1.72 bits per heavy atom. The maximum Gasteiger partial charge on any atom is 0.339 e. The molecule has 0 aliphatic carbocycles. The molecule has 0 fully saturated rings. The molecule has 0 spiro atoms. The van der Waals surface area contributed by atoms with Crippen LogP contribution in [0.15, 0.2) is 82.6 Å². The van der Waals surface area contributed by atoms with E-state index in [1.54, 1.807) is 23.9 Å². The smallest absolute Gasteiger partial charge is 0.339 e. The summed E-state index contributed by atoms with van der Waals surface area (Å²) in [5.74, 6) is 0.0730. The minimum atomic E-state index is -3.88. The third-order valence-corrected chi connectivity index (χ3v) is 6.80. The summed E-state index contributed by atoms with van der Waals surface area (Å²) >= 11 is 7.66. The van der Waals surface area contributed by atoms with E-state index in [1.807, 2.05) is 42.5 Å². The third-order valence-electron chi connectivity index (χ3n) is 4.01. The van der Waals surface area contributed by atoms with Crippen LogP contribution < -0.4 is 4.72 Å². The zero-order valence-electron chi connectivity index (χ0n) is 15.5. The van der Waals surface area contributed by atoms with Crippen LogP contribution in [-0.2, 0) is 20.5 Å². The first-order valence-corrected chi connectivity index (χ1v) is 11.4. The quantitative estimate of drug-likeness (QED) is 0.397. The van der Waals surface area contributed by atoms with Crippen LogP contribution in [0.25, 0.3) is 0 Å². The number of sulfonamides is 1. The summed E-state index contributed by atoms with van der Waals surface area (Å²) in [4.78, 5) is 12.8. The third kappa shape index (κ3) is 5.53. The molecule has 5 nitrogen and oxygen atoms in total. The second-order valence-corrected chi connectivity index (χ2v) is 9.18. The SMILES string of the molecule is COC(=O)c1cc(S(=O)(=O)Nc2ccc(CSc3ccccc3)cc2)ccc1Cl. The molecule has 0 amide bonds. The van der Waals surface area contributed by atoms with Gasteiger partial charge in [0.05, 0.1) is 22.6 Å². The van der Waals surface area contributed by atoms with Crippen LogP contribution in [0, 0.1) is 0 Å². The van der Waals surface area contributed by atoms with Gasteiger partial charge in [0.1, 0.15) is 0 Å². The van der Waals surface area contributed by atoms with E-state index in [0.717, 1.165) is 11.3 Å². The number of ether oxygens (including phenoxy) is 1. The summed E-state index contributed by atoms with van der Waals surface area (Å²) in [5.41, 5.74) is 1.49. The molecule has 150 valence electrons. The Kier molecular flexibility index (Phi) is 6.84. The topological polar surface area (TPSA) is 72.5 Å². The number of benzene rings is 3. The van der Waals surface area contributed by atoms with Crippen LogP contribution in [0.2, 0.25) is 5.02 Å². The van der Waals surface area contributed by atoms with E-state index in [9.17, 15) is 13.2 Å². The molecule has 0 aliphatic rings. The Morgan fingerprint density at radius 3 is 2.38 bits per heavy atom. The fourth-order valence-electron chi connectivity index (χ4n) is 2.50. The predicted molar refractivity (Wildman–Crippen MR) is 116 cm³/mol. The molecule has 0 radical (unpaired) electrons. The molecule has 3 rings (SSSR count). The second kappa shape index (κ2) is 9.35. The average Bonchev–Trinajstić information content (AvgIpc) is 2.73. The van der Waals surface area contributed by atoms with Crippen LogP contribution in [0.1, 0.15) is 15.9 Å². The van der Waals surface area contributed by atoms with E-state index >= 15 is 0 Å². The van der Waals surface area contributed by atoms with Crippen molar-refractivity contribution >= 4 is 45.0 Å². The highest BCUT2D eigenvalue weighted by atomic mass is 35.5. The van der Waals surface area contributed by atoms with Crippen molar-refractivity contribution < 1.29 is 17.9 Å². The molecule has 0 atom stereocenters. The van der Waals surface area contributed by atoms with Gasteiger partial charge in [0.25, 0.3) is 10.0 Å². The maximum atomic E-state index is 12.7. The first kappa shape index (κ1) is 21.2. The number of rotatable bonds is 7. The van der Waals surface area contributed by atoms with Gasteiger partial charge in [-0.1, -0.05) is 41.9 Å². The number of carbonyl (C=O) groups excluding carboxylic acids is 1. The van der Waals surface area contributed by atoms with Crippen molar-refractivity contribution in [1.82, 2.24) is 0 Å². The van der Waals surface area contributed by atoms with Gasteiger partial charge in [0.15, 0.2) is 0 Å². The standard InChI is InChI=1S/C21H18ClNO4S2/c1-27-21(24)19-13-18(11-12-20(19)22)29(25,26)23-16-9-7-15(8-10-16)14-28-17-5-3-2-4-6-17/h2-13,23H,14H2,1H3. The van der Waals surface area contributed by atoms with Crippen LogP contribution in [0.5, 0.6) is 0 Å². The van der Waals surface area contributed by atoms with Gasteiger partial charge in [-0.2, -0.15) is 0 Å². The number of hydrogen-bond acceptors (Lipinski definition) is 5. The summed E-state index contributed by atoms with van der Waals surface area (Å²) in [6.07, 6.45) is 0. The minimum absolute atomic E-state index is 0.00896. The van der Waals surface area contributed by atoms with Gasteiger partial charge < -0.3 is 4.74 Å². The van der Waals surface area contributed by atoms with Crippen LogP contribution in [0.3, 0.4) is 0 Å². The van der Waals surface area contributed by atoms with Crippen molar-refractivity contribution in [2.24, 2.45) is 0 Å². The molecule has 3 aromatic rings. The molecule has 0 heterocycles. The lowest BCUT2D eigenvalue weighted by atomic mass is 10.2. The normalized spacial score (nSPS) is 11.1. The van der Waals surface area contributed by atoms with Crippen molar-refractivity contribution in [1.29, 1.82) is 0 Å². The molecular weight excluding hydrogens is 430 g/mol. The molecule has 0 unspecified atom stereocenters. The fraction of sp³-hybridized carbons (Fsp3) is 0.0952. The Labute approximate surface area is 179 Å². The zero-order chi connectivity index (χ0) is 20.9. The molecule has 0 bridgehead atoms. The fourth-order valence-corrected chi connectivity index (χ4v) is 4.66. The van der Waals surface area contributed by atoms with Crippen molar-refractivity contribution in [3.63, 3.8) is 0 Å². The number of methoxy groups -OCH3 is 1. The lowest BCUT2D eigenvalue weighted by Crippen LogP contribution is -2.14. The van der Waals surface area contributed by atoms with Gasteiger partial charge in [-0.3, -0.25) is 4.72 Å². The monoisotopic (exact) mass is 447 g/mol. The van der Waals surface area contributed by atoms with Gasteiger partial charge in [0.2, 0.25) is 0 Å². The van der Waals surface area contributed by atoms with E-state index < -0.39 is 16.0 Å². The Bertz CT molecular complexity index is 1100. The van der Waals surface area contributed by atoms with Crippen molar-refractivity contribution in [2.45, 2.75) is 15.5 Å². The Hall–Kier alpha value is -2.48. The van der Waals surface area contributed by atoms with E-state index in [-0.39, 0.29) is 15.5 Å². The largest absolute Gasteiger partial charge is 0.465 e. The number of hydrogen-bond donors (Lipinski definition) is 1. The highest BCUT2D eigenvalue weighted by Crippen LogP contribution is 2.25. The van der Waals surface area contributed by atoms with Crippen molar-refractivity contribution in [3.05, 3.63) is 88.9 Å². The number of halogens is 1. The van der Waals surface area contributed by atoms with E-state index in [0.29, 0.717) is 5.69 Å². The number of nitrogens with one attached hydrogen (secondary N) is 1.